The van der Waals surface area contributed by atoms with Gasteiger partial charge in [-0.3, -0.25) is 14.8 Å². The summed E-state index contributed by atoms with van der Waals surface area (Å²) in [6.45, 7) is 0. The number of amides is 2. The zero-order chi connectivity index (χ0) is 16.8. The first-order valence-electron chi connectivity index (χ1n) is 6.76. The quantitative estimate of drug-likeness (QED) is 0.446. The Morgan fingerprint density at radius 1 is 1.17 bits per heavy atom. The molecule has 6 nitrogen and oxygen atoms in total. The molecular weight excluding hydrogens is 296 g/mol. The van der Waals surface area contributed by atoms with Crippen molar-refractivity contribution in [2.24, 2.45) is 5.73 Å². The molecule has 0 aliphatic carbocycles. The first kappa shape index (κ1) is 16.3. The molecule has 0 atom stereocenters. The second kappa shape index (κ2) is 7.24. The van der Waals surface area contributed by atoms with Crippen LogP contribution in [0.3, 0.4) is 0 Å². The van der Waals surface area contributed by atoms with E-state index in [1.165, 1.54) is 24.7 Å². The van der Waals surface area contributed by atoms with Crippen LogP contribution in [0.25, 0.3) is 17.2 Å². The lowest BCUT2D eigenvalue weighted by molar-refractivity contribution is -0.124. The first-order chi connectivity index (χ1) is 11.1. The predicted molar refractivity (Wildman–Crippen MR) is 85.9 cm³/mol. The van der Waals surface area contributed by atoms with Crippen LogP contribution in [0.15, 0.2) is 48.5 Å². The molecule has 0 aliphatic heterocycles. The summed E-state index contributed by atoms with van der Waals surface area (Å²) in [6.07, 6.45) is 2.72. The monoisotopic (exact) mass is 312 g/mol. The first-order valence-corrected chi connectivity index (χ1v) is 6.76. The number of nitrogens with two attached hydrogens (primary N) is 1. The lowest BCUT2D eigenvalue weighted by Crippen LogP contribution is -2.15. The van der Waals surface area contributed by atoms with Crippen molar-refractivity contribution in [1.29, 1.82) is 0 Å². The fourth-order valence-corrected chi connectivity index (χ4v) is 2.18. The van der Waals surface area contributed by atoms with Crippen LogP contribution in [-0.2, 0) is 4.79 Å². The topological polar surface area (TPSA) is 102 Å². The molecule has 2 rings (SSSR count). The Morgan fingerprint density at radius 3 is 2.57 bits per heavy atom. The number of ether oxygens (including phenoxy) is 1. The van der Waals surface area contributed by atoms with Crippen molar-refractivity contribution in [2.75, 3.05) is 7.11 Å². The minimum absolute atomic E-state index is 0.346. The molecule has 2 amide bonds. The maximum absolute atomic E-state index is 11.7. The highest BCUT2D eigenvalue weighted by Crippen LogP contribution is 2.31. The Kier molecular flexibility index (Phi) is 5.11. The average Bonchev–Trinajstić information content (AvgIpc) is 2.59. The third-order valence-corrected chi connectivity index (χ3v) is 3.27. The predicted octanol–water partition coefficient (Wildman–Crippen LogP) is 1.98. The summed E-state index contributed by atoms with van der Waals surface area (Å²) >= 11 is 0. The standard InChI is InChI=1S/C17H16N2O4/c1-23-12-7-8-14(17(18)21)15(10-12)13-5-3-2-4-11(13)6-9-16(20)19-22/h2-10,22H,1H3,(H2,18,21)(H,19,20). The highest BCUT2D eigenvalue weighted by molar-refractivity contribution is 6.01. The SMILES string of the molecule is COc1ccc(C(N)=O)c(-c2ccccc2C=CC(=O)NO)c1. The molecule has 0 heterocycles. The van der Waals surface area contributed by atoms with Crippen LogP contribution in [0, 0.1) is 0 Å². The summed E-state index contributed by atoms with van der Waals surface area (Å²) in [5.41, 5.74) is 9.31. The van der Waals surface area contributed by atoms with Gasteiger partial charge >= 0.3 is 0 Å². The minimum Gasteiger partial charge on any atom is -0.497 e. The molecule has 23 heavy (non-hydrogen) atoms. The van der Waals surface area contributed by atoms with Crippen LogP contribution in [0.5, 0.6) is 5.75 Å². The lowest BCUT2D eigenvalue weighted by atomic mass is 9.94. The normalized spacial score (nSPS) is 10.5. The van der Waals surface area contributed by atoms with E-state index in [1.54, 1.807) is 36.4 Å². The zero-order valence-electron chi connectivity index (χ0n) is 12.4. The van der Waals surface area contributed by atoms with Gasteiger partial charge in [-0.05, 0) is 41.0 Å². The van der Waals surface area contributed by atoms with Gasteiger partial charge in [-0.2, -0.15) is 0 Å². The van der Waals surface area contributed by atoms with E-state index >= 15 is 0 Å². The van der Waals surface area contributed by atoms with Gasteiger partial charge in [0.05, 0.1) is 7.11 Å². The van der Waals surface area contributed by atoms with Crippen LogP contribution < -0.4 is 16.0 Å². The van der Waals surface area contributed by atoms with Crippen LogP contribution in [-0.4, -0.2) is 24.1 Å². The number of nitrogens with one attached hydrogen (secondary N) is 1. The van der Waals surface area contributed by atoms with Gasteiger partial charge in [-0.1, -0.05) is 24.3 Å². The van der Waals surface area contributed by atoms with E-state index in [-0.39, 0.29) is 0 Å². The number of methoxy groups -OCH3 is 1. The van der Waals surface area contributed by atoms with E-state index < -0.39 is 11.8 Å². The molecule has 0 aromatic heterocycles. The van der Waals surface area contributed by atoms with Gasteiger partial charge in [0, 0.05) is 11.6 Å². The van der Waals surface area contributed by atoms with E-state index in [1.807, 2.05) is 6.07 Å². The number of hydrogen-bond donors (Lipinski definition) is 3. The number of primary amides is 1. The van der Waals surface area contributed by atoms with E-state index in [9.17, 15) is 9.59 Å². The van der Waals surface area contributed by atoms with Crippen molar-refractivity contribution < 1.29 is 19.5 Å². The molecule has 2 aromatic carbocycles. The molecule has 0 aliphatic rings. The highest BCUT2D eigenvalue weighted by atomic mass is 16.5. The molecule has 0 spiro atoms. The summed E-state index contributed by atoms with van der Waals surface area (Å²) in [5.74, 6) is -0.632. The van der Waals surface area contributed by atoms with E-state index in [4.69, 9.17) is 15.7 Å². The van der Waals surface area contributed by atoms with Crippen molar-refractivity contribution in [2.45, 2.75) is 0 Å². The largest absolute Gasteiger partial charge is 0.497 e. The average molecular weight is 312 g/mol. The van der Waals surface area contributed by atoms with Gasteiger partial charge < -0.3 is 10.5 Å². The van der Waals surface area contributed by atoms with Crippen LogP contribution in [0.1, 0.15) is 15.9 Å². The smallest absolute Gasteiger partial charge is 0.267 e. The molecule has 0 unspecified atom stereocenters. The molecule has 2 aromatic rings. The number of rotatable bonds is 5. The Labute approximate surface area is 133 Å². The Bertz CT molecular complexity index is 769. The van der Waals surface area contributed by atoms with Crippen molar-refractivity contribution in [3.8, 4) is 16.9 Å². The van der Waals surface area contributed by atoms with Gasteiger partial charge in [-0.25, -0.2) is 5.48 Å². The molecule has 0 saturated heterocycles. The van der Waals surface area contributed by atoms with Crippen molar-refractivity contribution >= 4 is 17.9 Å². The summed E-state index contributed by atoms with van der Waals surface area (Å²) in [6, 6.07) is 12.1. The van der Waals surface area contributed by atoms with Gasteiger partial charge in [0.15, 0.2) is 0 Å². The zero-order valence-corrected chi connectivity index (χ0v) is 12.4. The molecule has 0 saturated carbocycles. The van der Waals surface area contributed by atoms with E-state index in [2.05, 4.69) is 0 Å². The number of hydrogen-bond acceptors (Lipinski definition) is 4. The molecule has 0 fully saturated rings. The number of benzene rings is 2. The Hall–Kier alpha value is -3.12. The fourth-order valence-electron chi connectivity index (χ4n) is 2.18. The van der Waals surface area contributed by atoms with Gasteiger partial charge in [0.1, 0.15) is 5.75 Å². The number of hydroxylamine groups is 1. The molecule has 4 N–H and O–H groups in total. The molecule has 118 valence electrons. The minimum atomic E-state index is -0.652. The number of carbonyl (C=O) groups excluding carboxylic acids is 2. The number of carbonyl (C=O) groups is 2. The Balaban J connectivity index is 2.60. The van der Waals surface area contributed by atoms with E-state index in [0.717, 1.165) is 0 Å². The van der Waals surface area contributed by atoms with Crippen molar-refractivity contribution in [3.05, 3.63) is 59.7 Å². The molecule has 6 heteroatoms. The lowest BCUT2D eigenvalue weighted by Gasteiger charge is -2.12. The summed E-state index contributed by atoms with van der Waals surface area (Å²) in [7, 11) is 1.53. The molecule has 0 radical (unpaired) electrons. The maximum atomic E-state index is 11.7. The second-order valence-electron chi connectivity index (χ2n) is 4.67. The summed E-state index contributed by atoms with van der Waals surface area (Å²) < 4.78 is 5.20. The van der Waals surface area contributed by atoms with Crippen LogP contribution >= 0.6 is 0 Å². The third-order valence-electron chi connectivity index (χ3n) is 3.27. The maximum Gasteiger partial charge on any atom is 0.267 e. The summed E-state index contributed by atoms with van der Waals surface area (Å²) in [4.78, 5) is 22.9. The fraction of sp³-hybridized carbons (Fsp3) is 0.0588. The van der Waals surface area contributed by atoms with Gasteiger partial charge in [0.2, 0.25) is 5.91 Å². The van der Waals surface area contributed by atoms with Crippen molar-refractivity contribution in [1.82, 2.24) is 5.48 Å². The van der Waals surface area contributed by atoms with Crippen LogP contribution in [0.4, 0.5) is 0 Å². The van der Waals surface area contributed by atoms with Crippen molar-refractivity contribution in [3.63, 3.8) is 0 Å². The third kappa shape index (κ3) is 3.75. The van der Waals surface area contributed by atoms with Crippen LogP contribution in [0.2, 0.25) is 0 Å². The van der Waals surface area contributed by atoms with Gasteiger partial charge in [0.25, 0.3) is 5.91 Å². The summed E-state index contributed by atoms with van der Waals surface area (Å²) in [5, 5.41) is 8.56. The van der Waals surface area contributed by atoms with Gasteiger partial charge in [-0.15, -0.1) is 0 Å². The highest BCUT2D eigenvalue weighted by Gasteiger charge is 2.13. The van der Waals surface area contributed by atoms with E-state index in [0.29, 0.717) is 28.0 Å². The molecule has 0 bridgehead atoms. The Morgan fingerprint density at radius 2 is 1.91 bits per heavy atom. The molecular formula is C17H16N2O4. The second-order valence-corrected chi connectivity index (χ2v) is 4.67.